The fourth-order valence-electron chi connectivity index (χ4n) is 0.101. The molecule has 0 unspecified atom stereocenters. The Morgan fingerprint density at radius 3 is 2.67 bits per heavy atom. The number of hydrogen-bond donors (Lipinski definition) is 0. The number of rotatable bonds is 2. The standard InChI is InChI=1S/C4H5OS/c1-2-3-4-6-5/h1H,3-4H2/q+1. The summed E-state index contributed by atoms with van der Waals surface area (Å²) in [5.74, 6) is 2.89. The maximum absolute atomic E-state index is 9.51. The Balaban J connectivity index is 2.72. The molecular formula is C4H5OS+. The Kier molecular flexibility index (Phi) is 4.26. The molecule has 0 aliphatic carbocycles. The van der Waals surface area contributed by atoms with Crippen LogP contribution in [0.3, 0.4) is 0 Å². The third-order valence-corrected chi connectivity index (χ3v) is 0.701. The molecule has 0 spiro atoms. The van der Waals surface area contributed by atoms with Gasteiger partial charge in [-0.05, 0) is 0 Å². The zero-order valence-electron chi connectivity index (χ0n) is 3.31. The van der Waals surface area contributed by atoms with Crippen molar-refractivity contribution in [3.63, 3.8) is 0 Å². The van der Waals surface area contributed by atoms with Crippen LogP contribution in [-0.2, 0) is 15.9 Å². The summed E-state index contributed by atoms with van der Waals surface area (Å²) in [6, 6.07) is 0. The van der Waals surface area contributed by atoms with E-state index in [4.69, 9.17) is 6.42 Å². The Morgan fingerprint density at radius 2 is 2.50 bits per heavy atom. The van der Waals surface area contributed by atoms with Gasteiger partial charge in [-0.3, -0.25) is 0 Å². The summed E-state index contributed by atoms with van der Waals surface area (Å²) in [5.41, 5.74) is 0. The lowest BCUT2D eigenvalue weighted by molar-refractivity contribution is 0.605. The lowest BCUT2D eigenvalue weighted by atomic mass is 10.5. The fraction of sp³-hybridized carbons (Fsp3) is 0.500. The zero-order valence-corrected chi connectivity index (χ0v) is 4.12. The van der Waals surface area contributed by atoms with Crippen LogP contribution in [0.5, 0.6) is 0 Å². The predicted molar refractivity (Wildman–Crippen MR) is 26.4 cm³/mol. The summed E-state index contributed by atoms with van der Waals surface area (Å²) in [7, 11) is 0. The predicted octanol–water partition coefficient (Wildman–Crippen LogP) is 0.438. The van der Waals surface area contributed by atoms with Gasteiger partial charge in [0, 0.05) is 4.21 Å². The van der Waals surface area contributed by atoms with E-state index in [9.17, 15) is 4.21 Å². The summed E-state index contributed by atoms with van der Waals surface area (Å²) in [4.78, 5) is 0. The topological polar surface area (TPSA) is 17.1 Å². The average molecular weight is 101 g/mol. The van der Waals surface area contributed by atoms with Crippen molar-refractivity contribution in [1.82, 2.24) is 0 Å². The van der Waals surface area contributed by atoms with Crippen LogP contribution in [0.25, 0.3) is 0 Å². The molecule has 0 amide bonds. The van der Waals surface area contributed by atoms with Crippen molar-refractivity contribution in [1.29, 1.82) is 0 Å². The van der Waals surface area contributed by atoms with Crippen LogP contribution in [0.15, 0.2) is 0 Å². The molecule has 0 saturated heterocycles. The van der Waals surface area contributed by atoms with Crippen molar-refractivity contribution in [3.8, 4) is 12.3 Å². The van der Waals surface area contributed by atoms with E-state index in [-0.39, 0.29) is 0 Å². The molecular weight excluding hydrogens is 96.1 g/mol. The van der Waals surface area contributed by atoms with E-state index < -0.39 is 0 Å². The molecule has 6 heavy (non-hydrogen) atoms. The van der Waals surface area contributed by atoms with Crippen LogP contribution in [-0.4, -0.2) is 5.75 Å². The van der Waals surface area contributed by atoms with Gasteiger partial charge >= 0.3 is 11.7 Å². The molecule has 0 saturated carbocycles. The van der Waals surface area contributed by atoms with Gasteiger partial charge in [-0.1, -0.05) is 0 Å². The molecule has 0 N–H and O–H groups in total. The van der Waals surface area contributed by atoms with Crippen LogP contribution in [0, 0.1) is 12.3 Å². The highest BCUT2D eigenvalue weighted by atomic mass is 32.1. The molecule has 1 nitrogen and oxygen atoms in total. The summed E-state index contributed by atoms with van der Waals surface area (Å²) in [6.07, 6.45) is 5.40. The van der Waals surface area contributed by atoms with Crippen molar-refractivity contribution in [2.24, 2.45) is 0 Å². The maximum atomic E-state index is 9.51. The van der Waals surface area contributed by atoms with E-state index in [1.807, 2.05) is 0 Å². The highest BCUT2D eigenvalue weighted by Gasteiger charge is 1.89. The van der Waals surface area contributed by atoms with Gasteiger partial charge in [-0.15, -0.1) is 12.3 Å². The highest BCUT2D eigenvalue weighted by Crippen LogP contribution is 1.68. The lowest BCUT2D eigenvalue weighted by Gasteiger charge is -1.56. The van der Waals surface area contributed by atoms with Gasteiger partial charge in [-0.2, -0.15) is 0 Å². The van der Waals surface area contributed by atoms with Gasteiger partial charge < -0.3 is 0 Å². The summed E-state index contributed by atoms with van der Waals surface area (Å²) >= 11 is 0.534. The zero-order chi connectivity index (χ0) is 4.83. The van der Waals surface area contributed by atoms with E-state index in [2.05, 4.69) is 5.92 Å². The van der Waals surface area contributed by atoms with E-state index in [1.165, 1.54) is 0 Å². The van der Waals surface area contributed by atoms with Crippen molar-refractivity contribution < 1.29 is 4.21 Å². The second-order valence-corrected chi connectivity index (χ2v) is 1.42. The minimum absolute atomic E-state index is 0.534. The third kappa shape index (κ3) is 3.58. The van der Waals surface area contributed by atoms with Crippen LogP contribution in [0.2, 0.25) is 0 Å². The van der Waals surface area contributed by atoms with Crippen LogP contribution >= 0.6 is 0 Å². The van der Waals surface area contributed by atoms with Gasteiger partial charge in [0.15, 0.2) is 0 Å². The first-order chi connectivity index (χ1) is 2.91. The van der Waals surface area contributed by atoms with Gasteiger partial charge in [0.1, 0.15) is 0 Å². The number of terminal acetylenes is 1. The normalized spacial score (nSPS) is 6.50. The Morgan fingerprint density at radius 1 is 1.83 bits per heavy atom. The van der Waals surface area contributed by atoms with Crippen LogP contribution in [0.1, 0.15) is 6.42 Å². The molecule has 0 heterocycles. The molecule has 2 heteroatoms. The second-order valence-electron chi connectivity index (χ2n) is 0.776. The number of hydrogen-bond acceptors (Lipinski definition) is 1. The Labute approximate surface area is 41.2 Å². The molecule has 0 atom stereocenters. The monoisotopic (exact) mass is 101 g/mol. The average Bonchev–Trinajstić information content (AvgIpc) is 1.61. The van der Waals surface area contributed by atoms with Crippen molar-refractivity contribution in [2.45, 2.75) is 6.42 Å². The van der Waals surface area contributed by atoms with Crippen LogP contribution in [0.4, 0.5) is 0 Å². The second kappa shape index (κ2) is 4.58. The van der Waals surface area contributed by atoms with Gasteiger partial charge in [-0.25, -0.2) is 0 Å². The first-order valence-electron chi connectivity index (χ1n) is 1.60. The van der Waals surface area contributed by atoms with E-state index in [1.54, 1.807) is 0 Å². The molecule has 0 aromatic rings. The molecule has 0 radical (unpaired) electrons. The van der Waals surface area contributed by atoms with Crippen molar-refractivity contribution in [2.75, 3.05) is 5.75 Å². The SMILES string of the molecule is C#CCC[S+]=O. The summed E-state index contributed by atoms with van der Waals surface area (Å²) < 4.78 is 9.51. The molecule has 0 aromatic heterocycles. The third-order valence-electron chi connectivity index (χ3n) is 0.330. The van der Waals surface area contributed by atoms with Gasteiger partial charge in [0.2, 0.25) is 5.75 Å². The Hall–Kier alpha value is -0.420. The van der Waals surface area contributed by atoms with Gasteiger partial charge in [0.25, 0.3) is 0 Å². The molecule has 0 fully saturated rings. The molecule has 0 aromatic carbocycles. The van der Waals surface area contributed by atoms with Crippen molar-refractivity contribution >= 4 is 11.7 Å². The van der Waals surface area contributed by atoms with E-state index in [0.717, 1.165) is 0 Å². The fourth-order valence-corrected chi connectivity index (χ4v) is 0.302. The molecule has 0 aliphatic heterocycles. The minimum Gasteiger partial charge on any atom is -0.120 e. The summed E-state index contributed by atoms with van der Waals surface area (Å²) in [5, 5.41) is 0. The molecule has 0 rings (SSSR count). The lowest BCUT2D eigenvalue weighted by Crippen LogP contribution is -1.73. The minimum atomic E-state index is 0.534. The quantitative estimate of drug-likeness (QED) is 0.280. The maximum Gasteiger partial charge on any atom is 0.459 e. The largest absolute Gasteiger partial charge is 0.459 e. The first-order valence-corrected chi connectivity index (χ1v) is 2.51. The van der Waals surface area contributed by atoms with Crippen molar-refractivity contribution in [3.05, 3.63) is 0 Å². The first kappa shape index (κ1) is 5.58. The summed E-state index contributed by atoms with van der Waals surface area (Å²) in [6.45, 7) is 0. The van der Waals surface area contributed by atoms with Crippen LogP contribution < -0.4 is 0 Å². The molecule has 32 valence electrons. The van der Waals surface area contributed by atoms with E-state index in [0.29, 0.717) is 23.8 Å². The van der Waals surface area contributed by atoms with Gasteiger partial charge in [0.05, 0.1) is 6.42 Å². The van der Waals surface area contributed by atoms with E-state index >= 15 is 0 Å². The molecule has 0 aliphatic rings. The smallest absolute Gasteiger partial charge is 0.120 e. The molecule has 0 bridgehead atoms. The highest BCUT2D eigenvalue weighted by molar-refractivity contribution is 7.65. The Bertz CT molecular complexity index is 72.1.